The van der Waals surface area contributed by atoms with Crippen LogP contribution in [-0.4, -0.2) is 24.4 Å². The first-order valence-electron chi connectivity index (χ1n) is 13.5. The van der Waals surface area contributed by atoms with E-state index in [2.05, 4.69) is 31.3 Å². The van der Waals surface area contributed by atoms with Gasteiger partial charge in [0.1, 0.15) is 22.2 Å². The Bertz CT molecular complexity index is 1660. The predicted molar refractivity (Wildman–Crippen MR) is 163 cm³/mol. The molecule has 212 valence electrons. The van der Waals surface area contributed by atoms with E-state index in [0.717, 1.165) is 10.5 Å². The highest BCUT2D eigenvalue weighted by Crippen LogP contribution is 2.36. The van der Waals surface area contributed by atoms with Gasteiger partial charge in [-0.2, -0.15) is 0 Å². The predicted octanol–water partition coefficient (Wildman–Crippen LogP) is 7.07. The summed E-state index contributed by atoms with van der Waals surface area (Å²) in [5.41, 5.74) is 3.09. The number of carbonyl (C=O) groups excluding carboxylic acids is 3. The van der Waals surface area contributed by atoms with Crippen LogP contribution < -0.4 is 19.7 Å². The Kier molecular flexibility index (Phi) is 8.13. The molecule has 8 heteroatoms. The highest BCUT2D eigenvalue weighted by molar-refractivity contribution is 6.53. The van der Waals surface area contributed by atoms with Crippen LogP contribution in [0.5, 0.6) is 11.5 Å². The van der Waals surface area contributed by atoms with E-state index in [-0.39, 0.29) is 16.1 Å². The number of hydrogen-bond acceptors (Lipinski definition) is 6. The van der Waals surface area contributed by atoms with Crippen molar-refractivity contribution in [1.82, 2.24) is 0 Å². The first-order chi connectivity index (χ1) is 20.2. The highest BCUT2D eigenvalue weighted by Gasteiger charge is 2.40. The van der Waals surface area contributed by atoms with Crippen LogP contribution in [0.4, 0.5) is 11.4 Å². The molecule has 2 amide bonds. The molecule has 0 aliphatic carbocycles. The lowest BCUT2D eigenvalue weighted by Crippen LogP contribution is -2.32. The van der Waals surface area contributed by atoms with Gasteiger partial charge < -0.3 is 14.8 Å². The molecule has 1 heterocycles. The number of imide groups is 1. The molecule has 4 aromatic carbocycles. The average molecular weight is 581 g/mol. The van der Waals surface area contributed by atoms with Crippen molar-refractivity contribution in [1.29, 1.82) is 0 Å². The maximum Gasteiger partial charge on any atom is 0.343 e. The van der Waals surface area contributed by atoms with Crippen LogP contribution in [0.2, 0.25) is 0 Å². The van der Waals surface area contributed by atoms with Crippen molar-refractivity contribution in [2.24, 2.45) is 0 Å². The van der Waals surface area contributed by atoms with Gasteiger partial charge in [0, 0.05) is 11.1 Å². The molecule has 0 aromatic heterocycles. The molecule has 4 aromatic rings. The van der Waals surface area contributed by atoms with E-state index in [1.807, 2.05) is 37.3 Å². The summed E-state index contributed by atoms with van der Waals surface area (Å²) in [6.07, 6.45) is 0. The number of halogens is 1. The molecular formula is C34H29ClN2O5. The van der Waals surface area contributed by atoms with Crippen LogP contribution in [-0.2, 0) is 15.0 Å². The minimum absolute atomic E-state index is 0.0678. The van der Waals surface area contributed by atoms with Gasteiger partial charge in [0.2, 0.25) is 0 Å². The number of esters is 1. The summed E-state index contributed by atoms with van der Waals surface area (Å²) in [4.78, 5) is 39.9. The first kappa shape index (κ1) is 28.6. The molecule has 0 spiro atoms. The van der Waals surface area contributed by atoms with Crippen LogP contribution in [0, 0.1) is 0 Å². The lowest BCUT2D eigenvalue weighted by Gasteiger charge is -2.26. The van der Waals surface area contributed by atoms with Crippen molar-refractivity contribution in [2.45, 2.75) is 26.2 Å². The Morgan fingerprint density at radius 3 is 2.10 bits per heavy atom. The summed E-state index contributed by atoms with van der Waals surface area (Å²) in [5, 5.41) is 2.67. The van der Waals surface area contributed by atoms with Gasteiger partial charge in [0.05, 0.1) is 17.9 Å². The number of ether oxygens (including phenoxy) is 2. The monoisotopic (exact) mass is 580 g/mol. The molecule has 1 aliphatic rings. The topological polar surface area (TPSA) is 84.9 Å². The third-order valence-electron chi connectivity index (χ3n) is 7.11. The van der Waals surface area contributed by atoms with Gasteiger partial charge in [-0.05, 0) is 66.6 Å². The molecule has 0 radical (unpaired) electrons. The number of rotatable bonds is 9. The normalized spacial score (nSPS) is 13.4. The van der Waals surface area contributed by atoms with E-state index in [4.69, 9.17) is 21.1 Å². The second-order valence-electron chi connectivity index (χ2n) is 10.1. The second-order valence-corrected chi connectivity index (χ2v) is 10.5. The largest absolute Gasteiger partial charge is 0.492 e. The lowest BCUT2D eigenvalue weighted by atomic mass is 9.78. The van der Waals surface area contributed by atoms with Crippen LogP contribution in [0.1, 0.15) is 42.3 Å². The molecule has 0 bridgehead atoms. The Balaban J connectivity index is 1.25. The Morgan fingerprint density at radius 2 is 1.43 bits per heavy atom. The zero-order valence-electron chi connectivity index (χ0n) is 23.4. The number of carbonyl (C=O) groups is 3. The number of nitrogens with one attached hydrogen (secondary N) is 1. The van der Waals surface area contributed by atoms with E-state index in [9.17, 15) is 14.4 Å². The van der Waals surface area contributed by atoms with Crippen molar-refractivity contribution in [2.75, 3.05) is 16.8 Å². The maximum atomic E-state index is 13.2. The van der Waals surface area contributed by atoms with Crippen LogP contribution in [0.25, 0.3) is 0 Å². The van der Waals surface area contributed by atoms with Crippen molar-refractivity contribution >= 4 is 40.8 Å². The summed E-state index contributed by atoms with van der Waals surface area (Å²) < 4.78 is 11.2. The highest BCUT2D eigenvalue weighted by atomic mass is 35.5. The van der Waals surface area contributed by atoms with E-state index in [1.54, 1.807) is 60.7 Å². The Labute approximate surface area is 249 Å². The number of nitrogens with zero attached hydrogens (tertiary/aromatic N) is 1. The summed E-state index contributed by atoms with van der Waals surface area (Å²) >= 11 is 6.28. The zero-order chi connectivity index (χ0) is 29.9. The fourth-order valence-electron chi connectivity index (χ4n) is 4.71. The standard InChI is InChI=1S/C34H29ClN2O5/c1-4-41-28-13-9-8-12-27(28)37-31(38)29(35)30(32(37)39)36-25-18-14-22(15-19-25)33(40)42-26-20-16-24(17-21-26)34(2,3)23-10-6-5-7-11-23/h5-21,36H,4H2,1-3H3. The van der Waals surface area contributed by atoms with Gasteiger partial charge >= 0.3 is 5.97 Å². The summed E-state index contributed by atoms with van der Waals surface area (Å²) in [6, 6.07) is 30.8. The molecule has 7 nitrogen and oxygen atoms in total. The number of amides is 2. The number of hydrogen-bond donors (Lipinski definition) is 1. The van der Waals surface area contributed by atoms with Crippen molar-refractivity contribution in [3.63, 3.8) is 0 Å². The molecule has 0 fully saturated rings. The van der Waals surface area contributed by atoms with E-state index in [1.165, 1.54) is 5.56 Å². The quantitative estimate of drug-likeness (QED) is 0.129. The van der Waals surface area contributed by atoms with Crippen LogP contribution in [0.3, 0.4) is 0 Å². The lowest BCUT2D eigenvalue weighted by molar-refractivity contribution is -0.120. The third kappa shape index (κ3) is 5.64. The van der Waals surface area contributed by atoms with Crippen molar-refractivity contribution < 1.29 is 23.9 Å². The number of anilines is 2. The molecule has 5 rings (SSSR count). The molecule has 0 atom stereocenters. The molecular weight excluding hydrogens is 552 g/mol. The number of para-hydroxylation sites is 2. The molecule has 1 N–H and O–H groups in total. The fourth-order valence-corrected chi connectivity index (χ4v) is 4.92. The van der Waals surface area contributed by atoms with Gasteiger partial charge in [-0.25, -0.2) is 9.69 Å². The van der Waals surface area contributed by atoms with Crippen LogP contribution >= 0.6 is 11.6 Å². The van der Waals surface area contributed by atoms with E-state index in [0.29, 0.717) is 35.0 Å². The number of benzene rings is 4. The van der Waals surface area contributed by atoms with Crippen LogP contribution in [0.15, 0.2) is 114 Å². The van der Waals surface area contributed by atoms with E-state index >= 15 is 0 Å². The van der Waals surface area contributed by atoms with Crippen molar-refractivity contribution in [3.05, 3.63) is 131 Å². The molecule has 1 aliphatic heterocycles. The van der Waals surface area contributed by atoms with Gasteiger partial charge in [-0.3, -0.25) is 9.59 Å². The Morgan fingerprint density at radius 1 is 0.810 bits per heavy atom. The smallest absolute Gasteiger partial charge is 0.343 e. The first-order valence-corrected chi connectivity index (χ1v) is 13.8. The minimum Gasteiger partial charge on any atom is -0.492 e. The van der Waals surface area contributed by atoms with Gasteiger partial charge in [-0.1, -0.05) is 80.0 Å². The summed E-state index contributed by atoms with van der Waals surface area (Å²) in [7, 11) is 0. The van der Waals surface area contributed by atoms with Gasteiger partial charge in [0.25, 0.3) is 11.8 Å². The SMILES string of the molecule is CCOc1ccccc1N1C(=O)C(Cl)=C(Nc2ccc(C(=O)Oc3ccc(C(C)(C)c4ccccc4)cc3)cc2)C1=O. The van der Waals surface area contributed by atoms with Gasteiger partial charge in [0.15, 0.2) is 0 Å². The molecule has 42 heavy (non-hydrogen) atoms. The fraction of sp³-hybridized carbons (Fsp3) is 0.147. The molecule has 0 saturated carbocycles. The van der Waals surface area contributed by atoms with Gasteiger partial charge in [-0.15, -0.1) is 0 Å². The van der Waals surface area contributed by atoms with Crippen molar-refractivity contribution in [3.8, 4) is 11.5 Å². The summed E-state index contributed by atoms with van der Waals surface area (Å²) in [6.45, 7) is 6.47. The Hall–Kier alpha value is -4.88. The molecule has 0 unspecified atom stereocenters. The average Bonchev–Trinajstić information content (AvgIpc) is 3.21. The maximum absolute atomic E-state index is 13.2. The molecule has 0 saturated heterocycles. The second kappa shape index (κ2) is 11.9. The zero-order valence-corrected chi connectivity index (χ0v) is 24.1. The van der Waals surface area contributed by atoms with E-state index < -0.39 is 17.8 Å². The third-order valence-corrected chi connectivity index (χ3v) is 7.46. The minimum atomic E-state index is -0.658. The summed E-state index contributed by atoms with van der Waals surface area (Å²) in [5.74, 6) is -0.979.